The lowest BCUT2D eigenvalue weighted by Crippen LogP contribution is -2.47. The molecule has 0 radical (unpaired) electrons. The van der Waals surface area contributed by atoms with Crippen molar-refractivity contribution in [3.63, 3.8) is 0 Å². The Bertz CT molecular complexity index is 751. The summed E-state index contributed by atoms with van der Waals surface area (Å²) in [6, 6.07) is 7.03. The molecule has 9 heteroatoms. The molecule has 1 aromatic carbocycles. The monoisotopic (exact) mass is 410 g/mol. The van der Waals surface area contributed by atoms with E-state index < -0.39 is 6.10 Å². The van der Waals surface area contributed by atoms with Crippen LogP contribution >= 0.6 is 35.7 Å². The van der Waals surface area contributed by atoms with Gasteiger partial charge in [-0.15, -0.1) is 0 Å². The van der Waals surface area contributed by atoms with E-state index in [0.29, 0.717) is 20.7 Å². The lowest BCUT2D eigenvalue weighted by atomic mass is 10.2. The summed E-state index contributed by atoms with van der Waals surface area (Å²) in [6.45, 7) is -0.140. The molecule has 2 aliphatic heterocycles. The predicted octanol–water partition coefficient (Wildman–Crippen LogP) is 1.49. The molecule has 2 fully saturated rings. The van der Waals surface area contributed by atoms with Crippen molar-refractivity contribution in [1.29, 1.82) is 0 Å². The van der Waals surface area contributed by atoms with Crippen LogP contribution in [0, 0.1) is 0 Å². The Balaban J connectivity index is 1.64. The number of ether oxygens (including phenoxy) is 1. The van der Waals surface area contributed by atoms with Crippen LogP contribution in [0.5, 0.6) is 5.75 Å². The Hall–Kier alpha value is -1.55. The molecule has 0 unspecified atom stereocenters. The fourth-order valence-electron chi connectivity index (χ4n) is 2.56. The molecule has 2 atom stereocenters. The van der Waals surface area contributed by atoms with Gasteiger partial charge >= 0.3 is 0 Å². The first-order chi connectivity index (χ1) is 12.5. The van der Waals surface area contributed by atoms with Crippen molar-refractivity contribution in [2.45, 2.75) is 12.1 Å². The van der Waals surface area contributed by atoms with Gasteiger partial charge in [0, 0.05) is 11.5 Å². The number of hydrogen-bond acceptors (Lipinski definition) is 7. The highest BCUT2D eigenvalue weighted by molar-refractivity contribution is 8.26. The van der Waals surface area contributed by atoms with Gasteiger partial charge in [0.15, 0.2) is 0 Å². The molecule has 3 rings (SSSR count). The van der Waals surface area contributed by atoms with Crippen molar-refractivity contribution in [2.75, 3.05) is 25.2 Å². The predicted molar refractivity (Wildman–Crippen MR) is 108 cm³/mol. The second-order valence-corrected chi connectivity index (χ2v) is 8.57. The van der Waals surface area contributed by atoms with E-state index in [0.717, 1.165) is 11.3 Å². The molecule has 0 bridgehead atoms. The van der Waals surface area contributed by atoms with Crippen LogP contribution in [-0.2, 0) is 9.59 Å². The van der Waals surface area contributed by atoms with Gasteiger partial charge in [-0.25, -0.2) is 0 Å². The van der Waals surface area contributed by atoms with Crippen LogP contribution in [0.3, 0.4) is 0 Å². The SMILES string of the molecule is COc1ccc(/C=C2/SC(=S)N(CC(=O)N[C@H]3CSC[C@H]3O)C2=O)cc1. The first-order valence-corrected chi connectivity index (χ1v) is 10.3. The van der Waals surface area contributed by atoms with Crippen molar-refractivity contribution < 1.29 is 19.4 Å². The third-order valence-electron chi connectivity index (χ3n) is 3.99. The maximum absolute atomic E-state index is 12.6. The molecule has 0 aromatic heterocycles. The van der Waals surface area contributed by atoms with Gasteiger partial charge in [-0.2, -0.15) is 11.8 Å². The number of hydrogen-bond donors (Lipinski definition) is 2. The van der Waals surface area contributed by atoms with Gasteiger partial charge in [0.25, 0.3) is 5.91 Å². The number of carbonyl (C=O) groups excluding carboxylic acids is 2. The molecule has 2 saturated heterocycles. The summed E-state index contributed by atoms with van der Waals surface area (Å²) in [7, 11) is 1.59. The van der Waals surface area contributed by atoms with Crippen LogP contribution in [0.4, 0.5) is 0 Å². The van der Waals surface area contributed by atoms with Gasteiger partial charge in [0.2, 0.25) is 5.91 Å². The van der Waals surface area contributed by atoms with Crippen molar-refractivity contribution in [2.24, 2.45) is 0 Å². The Labute approximate surface area is 165 Å². The summed E-state index contributed by atoms with van der Waals surface area (Å²) in [4.78, 5) is 26.5. The van der Waals surface area contributed by atoms with E-state index in [1.54, 1.807) is 24.9 Å². The van der Waals surface area contributed by atoms with Crippen LogP contribution in [-0.4, -0.2) is 63.4 Å². The Kier molecular flexibility index (Phi) is 6.23. The van der Waals surface area contributed by atoms with Crippen molar-refractivity contribution >= 4 is 58.0 Å². The van der Waals surface area contributed by atoms with Gasteiger partial charge in [-0.3, -0.25) is 14.5 Å². The molecule has 0 aliphatic carbocycles. The minimum absolute atomic E-state index is 0.140. The molecule has 2 aliphatic rings. The van der Waals surface area contributed by atoms with E-state index >= 15 is 0 Å². The number of amides is 2. The Morgan fingerprint density at radius 1 is 1.42 bits per heavy atom. The number of thioether (sulfide) groups is 2. The van der Waals surface area contributed by atoms with E-state index in [9.17, 15) is 14.7 Å². The minimum Gasteiger partial charge on any atom is -0.497 e. The summed E-state index contributed by atoms with van der Waals surface area (Å²) >= 11 is 8.01. The van der Waals surface area contributed by atoms with Crippen molar-refractivity contribution in [3.8, 4) is 5.75 Å². The summed E-state index contributed by atoms with van der Waals surface area (Å²) in [5.74, 6) is 1.41. The van der Waals surface area contributed by atoms with Gasteiger partial charge < -0.3 is 15.2 Å². The molecular formula is C17H18N2O4S3. The number of aliphatic hydroxyl groups excluding tert-OH is 1. The summed E-state index contributed by atoms with van der Waals surface area (Å²) in [5, 5.41) is 12.6. The topological polar surface area (TPSA) is 78.9 Å². The number of aliphatic hydroxyl groups is 1. The lowest BCUT2D eigenvalue weighted by Gasteiger charge is -2.18. The molecule has 2 amide bonds. The maximum atomic E-state index is 12.6. The van der Waals surface area contributed by atoms with Gasteiger partial charge in [0.1, 0.15) is 16.6 Å². The number of methoxy groups -OCH3 is 1. The molecule has 2 N–H and O–H groups in total. The zero-order valence-electron chi connectivity index (χ0n) is 14.0. The Morgan fingerprint density at radius 2 is 2.15 bits per heavy atom. The molecule has 0 saturated carbocycles. The first kappa shape index (κ1) is 19.2. The van der Waals surface area contributed by atoms with E-state index in [2.05, 4.69) is 5.32 Å². The van der Waals surface area contributed by atoms with Gasteiger partial charge in [-0.05, 0) is 23.8 Å². The summed E-state index contributed by atoms with van der Waals surface area (Å²) < 4.78 is 5.47. The van der Waals surface area contributed by atoms with E-state index in [1.165, 1.54) is 16.7 Å². The average molecular weight is 411 g/mol. The molecule has 26 heavy (non-hydrogen) atoms. The lowest BCUT2D eigenvalue weighted by molar-refractivity contribution is -0.129. The van der Waals surface area contributed by atoms with Crippen molar-refractivity contribution in [3.05, 3.63) is 34.7 Å². The highest BCUT2D eigenvalue weighted by Crippen LogP contribution is 2.32. The Morgan fingerprint density at radius 3 is 2.77 bits per heavy atom. The molecule has 138 valence electrons. The summed E-state index contributed by atoms with van der Waals surface area (Å²) in [6.07, 6.45) is 1.19. The zero-order chi connectivity index (χ0) is 18.7. The maximum Gasteiger partial charge on any atom is 0.266 e. The first-order valence-electron chi connectivity index (χ1n) is 7.92. The molecule has 0 spiro atoms. The molecule has 2 heterocycles. The van der Waals surface area contributed by atoms with E-state index in [1.807, 2.05) is 24.3 Å². The fourth-order valence-corrected chi connectivity index (χ4v) is 4.99. The van der Waals surface area contributed by atoms with Gasteiger partial charge in [0.05, 0.1) is 24.2 Å². The van der Waals surface area contributed by atoms with E-state index in [-0.39, 0.29) is 24.4 Å². The number of carbonyl (C=O) groups is 2. The number of rotatable bonds is 5. The highest BCUT2D eigenvalue weighted by Gasteiger charge is 2.34. The number of nitrogens with one attached hydrogen (secondary N) is 1. The number of thiocarbonyl (C=S) groups is 1. The highest BCUT2D eigenvalue weighted by atomic mass is 32.2. The van der Waals surface area contributed by atoms with Crippen LogP contribution < -0.4 is 10.1 Å². The van der Waals surface area contributed by atoms with Gasteiger partial charge in [-0.1, -0.05) is 36.1 Å². The smallest absolute Gasteiger partial charge is 0.266 e. The fraction of sp³-hybridized carbons (Fsp3) is 0.353. The minimum atomic E-state index is -0.551. The molecular weight excluding hydrogens is 392 g/mol. The third-order valence-corrected chi connectivity index (χ3v) is 6.54. The van der Waals surface area contributed by atoms with Crippen LogP contribution in [0.1, 0.15) is 5.56 Å². The van der Waals surface area contributed by atoms with Crippen LogP contribution in [0.15, 0.2) is 29.2 Å². The van der Waals surface area contributed by atoms with Crippen molar-refractivity contribution in [1.82, 2.24) is 10.2 Å². The normalized spacial score (nSPS) is 24.4. The number of nitrogens with zero attached hydrogens (tertiary/aromatic N) is 1. The second kappa shape index (κ2) is 8.43. The standard InChI is InChI=1S/C17H18N2O4S3/c1-23-11-4-2-10(3-5-11)6-14-16(22)19(17(24)26-14)7-15(21)18-12-8-25-9-13(12)20/h2-6,12-13,20H,7-9H2,1H3,(H,18,21)/b14-6+/t12-,13+/m0/s1. The second-order valence-electron chi connectivity index (χ2n) is 5.82. The van der Waals surface area contributed by atoms with Crippen LogP contribution in [0.25, 0.3) is 6.08 Å². The quantitative estimate of drug-likeness (QED) is 0.562. The third kappa shape index (κ3) is 4.40. The number of benzene rings is 1. The molecule has 6 nitrogen and oxygen atoms in total. The summed E-state index contributed by atoms with van der Waals surface area (Å²) in [5.41, 5.74) is 0.849. The average Bonchev–Trinajstić information content (AvgIpc) is 3.14. The van der Waals surface area contributed by atoms with E-state index in [4.69, 9.17) is 17.0 Å². The molecule has 1 aromatic rings. The zero-order valence-corrected chi connectivity index (χ0v) is 16.5. The largest absolute Gasteiger partial charge is 0.497 e. The van der Waals surface area contributed by atoms with Crippen LogP contribution in [0.2, 0.25) is 0 Å².